The quantitative estimate of drug-likeness (QED) is 0.523. The molecular formula is C26H30N2O6. The van der Waals surface area contributed by atoms with E-state index in [4.69, 9.17) is 14.6 Å². The van der Waals surface area contributed by atoms with Gasteiger partial charge in [-0.25, -0.2) is 4.79 Å². The van der Waals surface area contributed by atoms with Crippen LogP contribution in [0.15, 0.2) is 48.5 Å². The van der Waals surface area contributed by atoms with Gasteiger partial charge in [-0.3, -0.25) is 9.59 Å². The fourth-order valence-electron chi connectivity index (χ4n) is 4.58. The Balaban J connectivity index is 1.17. The number of carboxylic acid groups (broad SMARTS) is 1. The van der Waals surface area contributed by atoms with Crippen LogP contribution in [0, 0.1) is 11.8 Å². The van der Waals surface area contributed by atoms with Crippen molar-refractivity contribution >= 4 is 18.0 Å². The summed E-state index contributed by atoms with van der Waals surface area (Å²) in [5, 5.41) is 14.5. The molecule has 0 radical (unpaired) electrons. The number of amides is 2. The second-order valence-electron chi connectivity index (χ2n) is 8.91. The lowest BCUT2D eigenvalue weighted by Crippen LogP contribution is -2.37. The monoisotopic (exact) mass is 466 g/mol. The van der Waals surface area contributed by atoms with E-state index in [0.717, 1.165) is 11.1 Å². The van der Waals surface area contributed by atoms with E-state index >= 15 is 0 Å². The van der Waals surface area contributed by atoms with Crippen molar-refractivity contribution in [3.8, 4) is 11.1 Å². The summed E-state index contributed by atoms with van der Waals surface area (Å²) < 4.78 is 10.9. The summed E-state index contributed by atoms with van der Waals surface area (Å²) in [7, 11) is 0. The van der Waals surface area contributed by atoms with E-state index in [9.17, 15) is 14.4 Å². The lowest BCUT2D eigenvalue weighted by molar-refractivity contribution is -0.141. The molecule has 0 bridgehead atoms. The van der Waals surface area contributed by atoms with Crippen molar-refractivity contribution in [1.29, 1.82) is 0 Å². The van der Waals surface area contributed by atoms with E-state index in [1.165, 1.54) is 11.1 Å². The average molecular weight is 467 g/mol. The molecule has 1 aliphatic carbocycles. The van der Waals surface area contributed by atoms with Crippen LogP contribution in [0.5, 0.6) is 0 Å². The summed E-state index contributed by atoms with van der Waals surface area (Å²) in [6, 6.07) is 16.3. The zero-order valence-electron chi connectivity index (χ0n) is 19.2. The minimum absolute atomic E-state index is 0.00128. The van der Waals surface area contributed by atoms with Crippen LogP contribution in [0.3, 0.4) is 0 Å². The molecule has 0 aromatic heterocycles. The lowest BCUT2D eigenvalue weighted by atomic mass is 9.98. The molecule has 3 atom stereocenters. The first-order valence-electron chi connectivity index (χ1n) is 11.6. The van der Waals surface area contributed by atoms with E-state index in [-0.39, 0.29) is 43.6 Å². The van der Waals surface area contributed by atoms with Crippen molar-refractivity contribution in [1.82, 2.24) is 10.6 Å². The first-order valence-corrected chi connectivity index (χ1v) is 11.6. The molecular weight excluding hydrogens is 436 g/mol. The maximum Gasteiger partial charge on any atom is 0.407 e. The molecule has 1 saturated heterocycles. The molecule has 3 N–H and O–H groups in total. The van der Waals surface area contributed by atoms with Crippen LogP contribution in [0.4, 0.5) is 4.79 Å². The standard InChI is InChI=1S/C26H30N2O6/c1-16(24(29)28-13-18-12-17(14-33-18)25(30)31)10-11-27-26(32)34-15-23-21-8-4-2-6-19(21)20-7-3-5-9-22(20)23/h2-9,16-18,23H,10-15H2,1H3,(H,27,32)(H,28,29)(H,30,31). The van der Waals surface area contributed by atoms with Gasteiger partial charge in [-0.15, -0.1) is 0 Å². The number of hydrogen-bond acceptors (Lipinski definition) is 5. The third kappa shape index (κ3) is 5.39. The molecule has 1 heterocycles. The van der Waals surface area contributed by atoms with Crippen molar-refractivity contribution in [2.24, 2.45) is 11.8 Å². The second-order valence-corrected chi connectivity index (χ2v) is 8.91. The number of benzene rings is 2. The Morgan fingerprint density at radius 2 is 1.71 bits per heavy atom. The number of carbonyl (C=O) groups is 3. The summed E-state index contributed by atoms with van der Waals surface area (Å²) in [5.41, 5.74) is 4.66. The molecule has 4 rings (SSSR count). The van der Waals surface area contributed by atoms with Crippen LogP contribution in [0.1, 0.15) is 36.8 Å². The summed E-state index contributed by atoms with van der Waals surface area (Å²) in [4.78, 5) is 35.5. The van der Waals surface area contributed by atoms with Crippen LogP contribution in [0.2, 0.25) is 0 Å². The predicted octanol–water partition coefficient (Wildman–Crippen LogP) is 3.16. The molecule has 0 saturated carbocycles. The zero-order chi connectivity index (χ0) is 24.1. The number of rotatable bonds is 9. The molecule has 2 amide bonds. The maximum absolute atomic E-state index is 12.3. The number of carboxylic acids is 1. The number of nitrogens with one attached hydrogen (secondary N) is 2. The molecule has 1 aliphatic heterocycles. The van der Waals surface area contributed by atoms with Gasteiger partial charge in [0.2, 0.25) is 5.91 Å². The largest absolute Gasteiger partial charge is 0.481 e. The molecule has 3 unspecified atom stereocenters. The fraction of sp³-hybridized carbons (Fsp3) is 0.423. The third-order valence-corrected chi connectivity index (χ3v) is 6.57. The highest BCUT2D eigenvalue weighted by Crippen LogP contribution is 2.44. The van der Waals surface area contributed by atoms with Gasteiger partial charge in [0.05, 0.1) is 18.6 Å². The minimum atomic E-state index is -0.874. The Hall–Kier alpha value is -3.39. The van der Waals surface area contributed by atoms with E-state index in [1.54, 1.807) is 6.92 Å². The van der Waals surface area contributed by atoms with Crippen LogP contribution >= 0.6 is 0 Å². The highest BCUT2D eigenvalue weighted by molar-refractivity contribution is 5.79. The molecule has 2 aliphatic rings. The number of aliphatic carboxylic acids is 1. The smallest absolute Gasteiger partial charge is 0.407 e. The molecule has 1 fully saturated rings. The van der Waals surface area contributed by atoms with Gasteiger partial charge in [-0.1, -0.05) is 55.5 Å². The molecule has 180 valence electrons. The van der Waals surface area contributed by atoms with E-state index in [1.807, 2.05) is 24.3 Å². The van der Waals surface area contributed by atoms with Crippen molar-refractivity contribution in [3.63, 3.8) is 0 Å². The molecule has 8 heteroatoms. The van der Waals surface area contributed by atoms with Crippen LogP contribution in [-0.4, -0.2) is 55.5 Å². The molecule has 2 aromatic rings. The number of hydrogen-bond donors (Lipinski definition) is 3. The number of ether oxygens (including phenoxy) is 2. The van der Waals surface area contributed by atoms with Gasteiger partial charge in [0.1, 0.15) is 6.61 Å². The van der Waals surface area contributed by atoms with Gasteiger partial charge in [0, 0.05) is 24.9 Å². The summed E-state index contributed by atoms with van der Waals surface area (Å²) >= 11 is 0. The SMILES string of the molecule is CC(CCNC(=O)OCC1c2ccccc2-c2ccccc21)C(=O)NCC1CC(C(=O)O)CO1. The molecule has 2 aromatic carbocycles. The van der Waals surface area contributed by atoms with Gasteiger partial charge in [0.15, 0.2) is 0 Å². The summed E-state index contributed by atoms with van der Waals surface area (Å²) in [6.07, 6.45) is 0.0665. The normalized spacial score (nSPS) is 19.7. The van der Waals surface area contributed by atoms with Gasteiger partial charge in [0.25, 0.3) is 0 Å². The van der Waals surface area contributed by atoms with Gasteiger partial charge < -0.3 is 25.2 Å². The molecule has 0 spiro atoms. The molecule has 34 heavy (non-hydrogen) atoms. The Morgan fingerprint density at radius 1 is 1.06 bits per heavy atom. The Labute approximate surface area is 198 Å². The third-order valence-electron chi connectivity index (χ3n) is 6.57. The fourth-order valence-corrected chi connectivity index (χ4v) is 4.58. The molecule has 8 nitrogen and oxygen atoms in total. The lowest BCUT2D eigenvalue weighted by Gasteiger charge is -2.16. The van der Waals surface area contributed by atoms with Crippen LogP contribution in [-0.2, 0) is 19.1 Å². The zero-order valence-corrected chi connectivity index (χ0v) is 19.2. The van der Waals surface area contributed by atoms with E-state index in [2.05, 4.69) is 34.9 Å². The Morgan fingerprint density at radius 3 is 2.32 bits per heavy atom. The average Bonchev–Trinajstić information content (AvgIpc) is 3.44. The summed E-state index contributed by atoms with van der Waals surface area (Å²) in [6.45, 7) is 2.80. The first kappa shape index (κ1) is 23.8. The van der Waals surface area contributed by atoms with Crippen molar-refractivity contribution < 1.29 is 29.0 Å². The maximum atomic E-state index is 12.3. The highest BCUT2D eigenvalue weighted by Gasteiger charge is 2.31. The highest BCUT2D eigenvalue weighted by atomic mass is 16.5. The van der Waals surface area contributed by atoms with Gasteiger partial charge in [-0.05, 0) is 35.1 Å². The topological polar surface area (TPSA) is 114 Å². The van der Waals surface area contributed by atoms with Gasteiger partial charge in [-0.2, -0.15) is 0 Å². The van der Waals surface area contributed by atoms with Crippen molar-refractivity contribution in [3.05, 3.63) is 59.7 Å². The summed E-state index contributed by atoms with van der Waals surface area (Å²) in [5.74, 6) is -1.86. The Bertz CT molecular complexity index is 1010. The predicted molar refractivity (Wildman–Crippen MR) is 125 cm³/mol. The van der Waals surface area contributed by atoms with Crippen LogP contribution in [0.25, 0.3) is 11.1 Å². The number of carbonyl (C=O) groups excluding carboxylic acids is 2. The number of alkyl carbamates (subject to hydrolysis) is 1. The van der Waals surface area contributed by atoms with E-state index in [0.29, 0.717) is 19.4 Å². The van der Waals surface area contributed by atoms with Crippen molar-refractivity contribution in [2.45, 2.75) is 31.8 Å². The number of fused-ring (bicyclic) bond motifs is 3. The van der Waals surface area contributed by atoms with Gasteiger partial charge >= 0.3 is 12.1 Å². The van der Waals surface area contributed by atoms with Crippen molar-refractivity contribution in [2.75, 3.05) is 26.3 Å². The Kier molecular flexibility index (Phi) is 7.47. The second kappa shape index (κ2) is 10.7. The first-order chi connectivity index (χ1) is 16.4. The minimum Gasteiger partial charge on any atom is -0.481 e. The van der Waals surface area contributed by atoms with Crippen LogP contribution < -0.4 is 10.6 Å². The van der Waals surface area contributed by atoms with E-state index < -0.39 is 18.0 Å².